The Morgan fingerprint density at radius 1 is 1.12 bits per heavy atom. The van der Waals surface area contributed by atoms with Gasteiger partial charge in [0.25, 0.3) is 0 Å². The summed E-state index contributed by atoms with van der Waals surface area (Å²) in [4.78, 5) is 15.4. The summed E-state index contributed by atoms with van der Waals surface area (Å²) < 4.78 is 5.47. The lowest BCUT2D eigenvalue weighted by Crippen LogP contribution is -2.39. The van der Waals surface area contributed by atoms with Crippen LogP contribution >= 0.6 is 0 Å². The van der Waals surface area contributed by atoms with Crippen molar-refractivity contribution in [3.05, 3.63) is 89.0 Å². The number of ether oxygens (including phenoxy) is 1. The number of ketones is 1. The van der Waals surface area contributed by atoms with Crippen LogP contribution in [0.15, 0.2) is 66.7 Å². The molecule has 34 heavy (non-hydrogen) atoms. The topological polar surface area (TPSA) is 85.6 Å². The van der Waals surface area contributed by atoms with Crippen molar-refractivity contribution in [3.63, 3.8) is 0 Å². The van der Waals surface area contributed by atoms with Gasteiger partial charge in [0.05, 0.1) is 23.9 Å². The molecule has 0 amide bonds. The number of aliphatic hydroxyl groups excluding tert-OH is 1. The van der Waals surface area contributed by atoms with Crippen molar-refractivity contribution in [2.24, 2.45) is 0 Å². The summed E-state index contributed by atoms with van der Waals surface area (Å²) in [5, 5.41) is 23.7. The van der Waals surface area contributed by atoms with E-state index in [2.05, 4.69) is 16.3 Å². The SMILES string of the molecule is COc1cc(C)c(NC2CCN(c3ccccc3C#N)CC2)cc1C(=O)C(O)c1ccccc1. The van der Waals surface area contributed by atoms with Crippen LogP contribution in [0.25, 0.3) is 0 Å². The minimum absolute atomic E-state index is 0.236. The number of carbonyl (C=O) groups excluding carboxylic acids is 1. The van der Waals surface area contributed by atoms with E-state index < -0.39 is 11.9 Å². The highest BCUT2D eigenvalue weighted by Gasteiger charge is 2.25. The third kappa shape index (κ3) is 4.90. The molecule has 1 atom stereocenters. The van der Waals surface area contributed by atoms with Gasteiger partial charge in [-0.05, 0) is 55.2 Å². The Morgan fingerprint density at radius 2 is 1.79 bits per heavy atom. The second-order valence-electron chi connectivity index (χ2n) is 8.58. The number of hydrogen-bond acceptors (Lipinski definition) is 6. The molecular formula is C28H29N3O3. The monoisotopic (exact) mass is 455 g/mol. The lowest BCUT2D eigenvalue weighted by Gasteiger charge is -2.35. The number of nitriles is 1. The number of piperidine rings is 1. The number of rotatable bonds is 7. The van der Waals surface area contributed by atoms with Gasteiger partial charge in [0, 0.05) is 24.8 Å². The summed E-state index contributed by atoms with van der Waals surface area (Å²) in [6, 6.07) is 22.8. The van der Waals surface area contributed by atoms with E-state index in [4.69, 9.17) is 4.74 Å². The first kappa shape index (κ1) is 23.3. The molecule has 6 heteroatoms. The quantitative estimate of drug-likeness (QED) is 0.494. The van der Waals surface area contributed by atoms with Crippen molar-refractivity contribution < 1.29 is 14.6 Å². The zero-order chi connectivity index (χ0) is 24.1. The number of anilines is 2. The first-order valence-corrected chi connectivity index (χ1v) is 11.5. The first-order chi connectivity index (χ1) is 16.5. The van der Waals surface area contributed by atoms with Gasteiger partial charge in [-0.15, -0.1) is 0 Å². The van der Waals surface area contributed by atoms with E-state index in [1.165, 1.54) is 7.11 Å². The number of Topliss-reactive ketones (excluding diaryl/α,β-unsaturated/α-hetero) is 1. The van der Waals surface area contributed by atoms with Crippen LogP contribution in [0.4, 0.5) is 11.4 Å². The van der Waals surface area contributed by atoms with Gasteiger partial charge < -0.3 is 20.1 Å². The number of aryl methyl sites for hydroxylation is 1. The van der Waals surface area contributed by atoms with Gasteiger partial charge >= 0.3 is 0 Å². The molecule has 0 aliphatic carbocycles. The summed E-state index contributed by atoms with van der Waals surface area (Å²) in [5.74, 6) is 0.0555. The van der Waals surface area contributed by atoms with Crippen LogP contribution in [0, 0.1) is 18.3 Å². The lowest BCUT2D eigenvalue weighted by atomic mass is 9.96. The molecule has 4 rings (SSSR count). The molecule has 2 N–H and O–H groups in total. The summed E-state index contributed by atoms with van der Waals surface area (Å²) in [5.41, 5.74) is 4.41. The van der Waals surface area contributed by atoms with Crippen LogP contribution in [0.5, 0.6) is 5.75 Å². The molecule has 3 aromatic rings. The third-order valence-electron chi connectivity index (χ3n) is 6.40. The number of para-hydroxylation sites is 1. The Hall–Kier alpha value is -3.82. The second-order valence-corrected chi connectivity index (χ2v) is 8.58. The molecule has 1 aliphatic rings. The molecule has 1 aliphatic heterocycles. The standard InChI is InChI=1S/C28H29N3O3/c1-19-16-26(34-2)23(28(33)27(32)20-8-4-3-5-9-20)17-24(19)30-22-12-14-31(15-13-22)25-11-7-6-10-21(25)18-29/h3-11,16-17,22,27,30,32H,12-15H2,1-2H3. The zero-order valence-corrected chi connectivity index (χ0v) is 19.5. The molecular weight excluding hydrogens is 426 g/mol. The fourth-order valence-corrected chi connectivity index (χ4v) is 4.46. The molecule has 174 valence electrons. The molecule has 0 aromatic heterocycles. The second kappa shape index (κ2) is 10.4. The van der Waals surface area contributed by atoms with Gasteiger partial charge in [-0.25, -0.2) is 0 Å². The van der Waals surface area contributed by atoms with Crippen LogP contribution in [-0.4, -0.2) is 37.1 Å². The van der Waals surface area contributed by atoms with Crippen molar-refractivity contribution in [1.82, 2.24) is 0 Å². The highest BCUT2D eigenvalue weighted by atomic mass is 16.5. The molecule has 1 fully saturated rings. The van der Waals surface area contributed by atoms with Crippen LogP contribution in [0.2, 0.25) is 0 Å². The number of carbonyl (C=O) groups is 1. The minimum atomic E-state index is -1.26. The average molecular weight is 456 g/mol. The zero-order valence-electron chi connectivity index (χ0n) is 19.5. The van der Waals surface area contributed by atoms with E-state index in [0.29, 0.717) is 22.4 Å². The van der Waals surface area contributed by atoms with Crippen molar-refractivity contribution in [2.45, 2.75) is 31.9 Å². The highest BCUT2D eigenvalue weighted by Crippen LogP contribution is 2.32. The summed E-state index contributed by atoms with van der Waals surface area (Å²) in [7, 11) is 1.53. The van der Waals surface area contributed by atoms with Gasteiger partial charge in [0.1, 0.15) is 17.9 Å². The van der Waals surface area contributed by atoms with Crippen LogP contribution < -0.4 is 15.0 Å². The number of nitrogens with zero attached hydrogens (tertiary/aromatic N) is 2. The smallest absolute Gasteiger partial charge is 0.199 e. The molecule has 0 saturated carbocycles. The molecule has 3 aromatic carbocycles. The van der Waals surface area contributed by atoms with E-state index in [-0.39, 0.29) is 6.04 Å². The minimum Gasteiger partial charge on any atom is -0.496 e. The summed E-state index contributed by atoms with van der Waals surface area (Å²) in [6.07, 6.45) is 0.552. The normalized spacial score (nSPS) is 14.8. The molecule has 0 spiro atoms. The van der Waals surface area contributed by atoms with Gasteiger partial charge in [-0.3, -0.25) is 4.79 Å². The van der Waals surface area contributed by atoms with Gasteiger partial charge in [0.2, 0.25) is 0 Å². The molecule has 0 radical (unpaired) electrons. The average Bonchev–Trinajstić information content (AvgIpc) is 2.89. The lowest BCUT2D eigenvalue weighted by molar-refractivity contribution is 0.0744. The summed E-state index contributed by atoms with van der Waals surface area (Å²) in [6.45, 7) is 3.65. The fourth-order valence-electron chi connectivity index (χ4n) is 4.46. The molecule has 0 bridgehead atoms. The van der Waals surface area contributed by atoms with Crippen molar-refractivity contribution >= 4 is 17.2 Å². The Morgan fingerprint density at radius 3 is 2.47 bits per heavy atom. The maximum atomic E-state index is 13.2. The molecule has 6 nitrogen and oxygen atoms in total. The van der Waals surface area contributed by atoms with Crippen LogP contribution in [0.1, 0.15) is 46.0 Å². The molecule has 1 heterocycles. The first-order valence-electron chi connectivity index (χ1n) is 11.5. The maximum Gasteiger partial charge on any atom is 0.199 e. The van der Waals surface area contributed by atoms with Crippen molar-refractivity contribution in [2.75, 3.05) is 30.4 Å². The van der Waals surface area contributed by atoms with Gasteiger partial charge in [0.15, 0.2) is 5.78 Å². The largest absolute Gasteiger partial charge is 0.496 e. The van der Waals surface area contributed by atoms with Crippen molar-refractivity contribution in [3.8, 4) is 11.8 Å². The Bertz CT molecular complexity index is 1200. The third-order valence-corrected chi connectivity index (χ3v) is 6.40. The number of nitrogens with one attached hydrogen (secondary N) is 1. The van der Waals surface area contributed by atoms with E-state index >= 15 is 0 Å². The van der Waals surface area contributed by atoms with Crippen LogP contribution in [-0.2, 0) is 0 Å². The van der Waals surface area contributed by atoms with E-state index in [1.807, 2.05) is 43.3 Å². The number of benzene rings is 3. The van der Waals surface area contributed by atoms with Gasteiger partial charge in [-0.1, -0.05) is 42.5 Å². The Balaban J connectivity index is 1.50. The number of aliphatic hydroxyl groups is 1. The maximum absolute atomic E-state index is 13.2. The fraction of sp³-hybridized carbons (Fsp3) is 0.286. The van der Waals surface area contributed by atoms with E-state index in [9.17, 15) is 15.2 Å². The molecule has 1 saturated heterocycles. The molecule has 1 unspecified atom stereocenters. The summed E-state index contributed by atoms with van der Waals surface area (Å²) >= 11 is 0. The van der Waals surface area contributed by atoms with Crippen molar-refractivity contribution in [1.29, 1.82) is 5.26 Å². The highest BCUT2D eigenvalue weighted by molar-refractivity contribution is 6.03. The van der Waals surface area contributed by atoms with E-state index in [0.717, 1.165) is 42.9 Å². The Labute approximate surface area is 200 Å². The number of methoxy groups -OCH3 is 1. The van der Waals surface area contributed by atoms with Crippen LogP contribution in [0.3, 0.4) is 0 Å². The van der Waals surface area contributed by atoms with E-state index in [1.54, 1.807) is 30.3 Å². The van der Waals surface area contributed by atoms with Gasteiger partial charge in [-0.2, -0.15) is 5.26 Å². The predicted octanol–water partition coefficient (Wildman–Crippen LogP) is 4.87. The number of hydrogen-bond donors (Lipinski definition) is 2. The Kier molecular flexibility index (Phi) is 7.15. The predicted molar refractivity (Wildman–Crippen MR) is 133 cm³/mol.